The van der Waals surface area contributed by atoms with Gasteiger partial charge >= 0.3 is 0 Å². The van der Waals surface area contributed by atoms with Crippen LogP contribution in [-0.4, -0.2) is 22.4 Å². The Morgan fingerprint density at radius 3 is 2.73 bits per heavy atom. The summed E-state index contributed by atoms with van der Waals surface area (Å²) in [6.07, 6.45) is 3.18. The molecule has 0 unspecified atom stereocenters. The molecule has 0 fully saturated rings. The predicted molar refractivity (Wildman–Crippen MR) is 99.2 cm³/mol. The van der Waals surface area contributed by atoms with Gasteiger partial charge in [0, 0.05) is 11.1 Å². The number of rotatable bonds is 4. The third-order valence-electron chi connectivity index (χ3n) is 4.11. The molecule has 0 radical (unpaired) electrons. The van der Waals surface area contributed by atoms with Crippen molar-refractivity contribution in [3.8, 4) is 17.2 Å². The van der Waals surface area contributed by atoms with Crippen LogP contribution >= 0.6 is 11.6 Å². The Kier molecular flexibility index (Phi) is 4.22. The Bertz CT molecular complexity index is 1010. The molecule has 1 aromatic heterocycles. The van der Waals surface area contributed by atoms with Crippen molar-refractivity contribution in [3.05, 3.63) is 76.6 Å². The number of aryl methyl sites for hydroxylation is 1. The number of hydrogen-bond donors (Lipinski definition) is 0. The van der Waals surface area contributed by atoms with E-state index >= 15 is 0 Å². The number of allylic oxidation sites excluding steroid dienone is 1. The number of para-hydroxylation sites is 1. The van der Waals surface area contributed by atoms with Crippen molar-refractivity contribution in [2.24, 2.45) is 0 Å². The van der Waals surface area contributed by atoms with E-state index in [4.69, 9.17) is 21.1 Å². The average molecular weight is 367 g/mol. The van der Waals surface area contributed by atoms with Crippen LogP contribution in [0.4, 0.5) is 0 Å². The van der Waals surface area contributed by atoms with Crippen molar-refractivity contribution in [1.29, 1.82) is 0 Å². The quantitative estimate of drug-likeness (QED) is 0.505. The van der Waals surface area contributed by atoms with Gasteiger partial charge in [-0.15, -0.1) is 0 Å². The summed E-state index contributed by atoms with van der Waals surface area (Å²) in [6.45, 7) is 2.03. The van der Waals surface area contributed by atoms with Crippen LogP contribution in [0.25, 0.3) is 11.8 Å². The van der Waals surface area contributed by atoms with E-state index in [1.807, 2.05) is 37.3 Å². The Labute approximate surface area is 155 Å². The molecule has 0 saturated carbocycles. The third-order valence-corrected chi connectivity index (χ3v) is 4.47. The first-order valence-corrected chi connectivity index (χ1v) is 8.44. The van der Waals surface area contributed by atoms with E-state index in [1.54, 1.807) is 29.0 Å². The molecule has 0 aliphatic carbocycles. The van der Waals surface area contributed by atoms with Gasteiger partial charge in [-0.05, 0) is 49.4 Å². The molecular formula is C20H15ClN2O3. The largest absolute Gasteiger partial charge is 0.454 e. The first kappa shape index (κ1) is 16.4. The predicted octanol–water partition coefficient (Wildman–Crippen LogP) is 4.46. The van der Waals surface area contributed by atoms with Gasteiger partial charge in [0.2, 0.25) is 6.79 Å². The van der Waals surface area contributed by atoms with Crippen LogP contribution < -0.4 is 9.47 Å². The first-order chi connectivity index (χ1) is 12.6. The highest BCUT2D eigenvalue weighted by molar-refractivity contribution is 6.31. The second-order valence-corrected chi connectivity index (χ2v) is 6.16. The summed E-state index contributed by atoms with van der Waals surface area (Å²) in [5.41, 5.74) is 2.84. The van der Waals surface area contributed by atoms with E-state index in [2.05, 4.69) is 5.10 Å². The summed E-state index contributed by atoms with van der Waals surface area (Å²) in [4.78, 5) is 12.5. The summed E-state index contributed by atoms with van der Waals surface area (Å²) < 4.78 is 12.2. The summed E-state index contributed by atoms with van der Waals surface area (Å²) in [7, 11) is 0. The number of hydrogen-bond acceptors (Lipinski definition) is 4. The van der Waals surface area contributed by atoms with Crippen LogP contribution in [0.2, 0.25) is 5.15 Å². The van der Waals surface area contributed by atoms with Crippen molar-refractivity contribution in [2.75, 3.05) is 6.79 Å². The fraction of sp³-hybridized carbons (Fsp3) is 0.100. The maximum atomic E-state index is 12.5. The number of benzene rings is 2. The molecule has 5 nitrogen and oxygen atoms in total. The summed E-state index contributed by atoms with van der Waals surface area (Å²) in [5.74, 6) is 1.08. The maximum Gasteiger partial charge on any atom is 0.231 e. The highest BCUT2D eigenvalue weighted by Crippen LogP contribution is 2.33. The maximum absolute atomic E-state index is 12.5. The Hall–Kier alpha value is -3.05. The van der Waals surface area contributed by atoms with E-state index in [9.17, 15) is 4.79 Å². The second-order valence-electron chi connectivity index (χ2n) is 5.80. The van der Waals surface area contributed by atoms with Crippen LogP contribution in [0.1, 0.15) is 21.6 Å². The number of carbonyl (C=O) groups excluding carboxylic acids is 1. The number of nitrogens with zero attached hydrogens (tertiary/aromatic N) is 2. The monoisotopic (exact) mass is 366 g/mol. The SMILES string of the molecule is Cc1nn(-c2ccccc2)c(Cl)c1/C=C/C(=O)c1ccc2c(c1)OCO2. The lowest BCUT2D eigenvalue weighted by Gasteiger charge is -2.02. The lowest BCUT2D eigenvalue weighted by Crippen LogP contribution is -1.96. The van der Waals surface area contributed by atoms with E-state index in [-0.39, 0.29) is 12.6 Å². The third kappa shape index (κ3) is 2.97. The lowest BCUT2D eigenvalue weighted by molar-refractivity contribution is 0.104. The van der Waals surface area contributed by atoms with Crippen molar-refractivity contribution < 1.29 is 14.3 Å². The number of aromatic nitrogens is 2. The Morgan fingerprint density at radius 1 is 1.15 bits per heavy atom. The molecule has 6 heteroatoms. The van der Waals surface area contributed by atoms with Gasteiger partial charge in [-0.2, -0.15) is 5.10 Å². The van der Waals surface area contributed by atoms with Crippen molar-refractivity contribution in [3.63, 3.8) is 0 Å². The molecule has 1 aliphatic heterocycles. The van der Waals surface area contributed by atoms with Gasteiger partial charge in [-0.3, -0.25) is 4.79 Å². The van der Waals surface area contributed by atoms with Crippen molar-refractivity contribution in [1.82, 2.24) is 9.78 Å². The zero-order chi connectivity index (χ0) is 18.1. The fourth-order valence-electron chi connectivity index (χ4n) is 2.75. The van der Waals surface area contributed by atoms with Crippen molar-refractivity contribution in [2.45, 2.75) is 6.92 Å². The number of ether oxygens (including phenoxy) is 2. The molecule has 3 aromatic rings. The normalized spacial score (nSPS) is 12.7. The second kappa shape index (κ2) is 6.69. The molecule has 26 heavy (non-hydrogen) atoms. The van der Waals surface area contributed by atoms with Gasteiger partial charge in [0.05, 0.1) is 11.4 Å². The van der Waals surface area contributed by atoms with E-state index < -0.39 is 0 Å². The topological polar surface area (TPSA) is 53.4 Å². The van der Waals surface area contributed by atoms with Crippen LogP contribution in [-0.2, 0) is 0 Å². The molecule has 0 bridgehead atoms. The minimum absolute atomic E-state index is 0.147. The van der Waals surface area contributed by atoms with Crippen LogP contribution in [0.15, 0.2) is 54.6 Å². The number of halogens is 1. The number of carbonyl (C=O) groups is 1. The highest BCUT2D eigenvalue weighted by atomic mass is 35.5. The van der Waals surface area contributed by atoms with E-state index in [0.717, 1.165) is 11.4 Å². The Balaban J connectivity index is 1.61. The number of fused-ring (bicyclic) bond motifs is 1. The van der Waals surface area contributed by atoms with Crippen LogP contribution in [0.5, 0.6) is 11.5 Å². The smallest absolute Gasteiger partial charge is 0.231 e. The van der Waals surface area contributed by atoms with E-state index in [1.165, 1.54) is 6.08 Å². The molecule has 0 N–H and O–H groups in total. The minimum Gasteiger partial charge on any atom is -0.454 e. The minimum atomic E-state index is -0.147. The molecule has 2 aromatic carbocycles. The first-order valence-electron chi connectivity index (χ1n) is 8.06. The van der Waals surface area contributed by atoms with Crippen LogP contribution in [0.3, 0.4) is 0 Å². The van der Waals surface area contributed by atoms with Gasteiger partial charge in [0.1, 0.15) is 5.15 Å². The summed E-state index contributed by atoms with van der Waals surface area (Å²) in [6, 6.07) is 14.7. The van der Waals surface area contributed by atoms with Gasteiger partial charge in [0.25, 0.3) is 0 Å². The molecule has 0 atom stereocenters. The lowest BCUT2D eigenvalue weighted by atomic mass is 10.1. The Morgan fingerprint density at radius 2 is 1.92 bits per heavy atom. The molecule has 2 heterocycles. The molecule has 0 saturated heterocycles. The molecule has 0 amide bonds. The standard InChI is InChI=1S/C20H15ClN2O3/c1-13-16(20(21)23(22-13)15-5-3-2-4-6-15)8-9-17(24)14-7-10-18-19(11-14)26-12-25-18/h2-11H,12H2,1H3/b9-8+. The summed E-state index contributed by atoms with van der Waals surface area (Å²) >= 11 is 6.47. The zero-order valence-electron chi connectivity index (χ0n) is 14.0. The molecule has 1 aliphatic rings. The van der Waals surface area contributed by atoms with Gasteiger partial charge in [0.15, 0.2) is 17.3 Å². The number of ketones is 1. The van der Waals surface area contributed by atoms with Gasteiger partial charge < -0.3 is 9.47 Å². The molecule has 0 spiro atoms. The summed E-state index contributed by atoms with van der Waals surface area (Å²) in [5, 5.41) is 4.93. The highest BCUT2D eigenvalue weighted by Gasteiger charge is 2.16. The van der Waals surface area contributed by atoms with Crippen molar-refractivity contribution >= 4 is 23.5 Å². The fourth-order valence-corrected chi connectivity index (χ4v) is 3.08. The van der Waals surface area contributed by atoms with Gasteiger partial charge in [-0.1, -0.05) is 29.8 Å². The van der Waals surface area contributed by atoms with Gasteiger partial charge in [-0.25, -0.2) is 4.68 Å². The van der Waals surface area contributed by atoms with Crippen LogP contribution in [0, 0.1) is 6.92 Å². The average Bonchev–Trinajstić information content (AvgIpc) is 3.24. The zero-order valence-corrected chi connectivity index (χ0v) is 14.7. The molecular weight excluding hydrogens is 352 g/mol. The molecule has 130 valence electrons. The molecule has 4 rings (SSSR count). The van der Waals surface area contributed by atoms with E-state index in [0.29, 0.717) is 27.8 Å².